The molecule has 120 valence electrons. The molecule has 1 aliphatic carbocycles. The van der Waals surface area contributed by atoms with Crippen LogP contribution in [-0.4, -0.2) is 35.6 Å². The average Bonchev–Trinajstić information content (AvgIpc) is 2.44. The monoisotopic (exact) mass is 299 g/mol. The van der Waals surface area contributed by atoms with Gasteiger partial charge < -0.3 is 15.2 Å². The van der Waals surface area contributed by atoms with Crippen LogP contribution < -0.4 is 5.32 Å². The van der Waals surface area contributed by atoms with Gasteiger partial charge in [-0.05, 0) is 32.1 Å². The first kappa shape index (κ1) is 17.5. The molecule has 1 atom stereocenters. The molecule has 0 aromatic carbocycles. The quantitative estimate of drug-likeness (QED) is 0.667. The van der Waals surface area contributed by atoms with Crippen LogP contribution in [-0.2, 0) is 19.1 Å². The zero-order valence-corrected chi connectivity index (χ0v) is 12.6. The Labute approximate surface area is 125 Å². The van der Waals surface area contributed by atoms with Crippen molar-refractivity contribution in [2.75, 3.05) is 6.61 Å². The molecule has 0 spiro atoms. The summed E-state index contributed by atoms with van der Waals surface area (Å²) in [4.78, 5) is 34.3. The van der Waals surface area contributed by atoms with E-state index in [1.54, 1.807) is 6.92 Å². The Morgan fingerprint density at radius 2 is 1.90 bits per heavy atom. The maximum atomic E-state index is 11.9. The molecule has 0 heterocycles. The highest BCUT2D eigenvalue weighted by Crippen LogP contribution is 2.26. The number of carboxylic acid groups (broad SMARTS) is 1. The molecule has 1 fully saturated rings. The molecule has 1 rings (SSSR count). The van der Waals surface area contributed by atoms with E-state index in [2.05, 4.69) is 5.32 Å². The van der Waals surface area contributed by atoms with Crippen LogP contribution in [0.2, 0.25) is 0 Å². The molecular weight excluding hydrogens is 274 g/mol. The van der Waals surface area contributed by atoms with E-state index >= 15 is 0 Å². The molecule has 0 aliphatic heterocycles. The minimum atomic E-state index is -1.11. The Hall–Kier alpha value is -1.59. The summed E-state index contributed by atoms with van der Waals surface area (Å²) in [5, 5.41) is 11.6. The summed E-state index contributed by atoms with van der Waals surface area (Å²) in [6, 6.07) is -1.02. The third-order valence-corrected chi connectivity index (χ3v) is 3.77. The Morgan fingerprint density at radius 1 is 1.24 bits per heavy atom. The lowest BCUT2D eigenvalue weighted by Crippen LogP contribution is -2.41. The molecule has 0 bridgehead atoms. The van der Waals surface area contributed by atoms with Crippen LogP contribution in [0.1, 0.15) is 58.3 Å². The fourth-order valence-electron chi connectivity index (χ4n) is 2.66. The summed E-state index contributed by atoms with van der Waals surface area (Å²) in [6.07, 6.45) is 6.01. The molecule has 6 heteroatoms. The maximum Gasteiger partial charge on any atom is 0.326 e. The molecule has 6 nitrogen and oxygen atoms in total. The second kappa shape index (κ2) is 9.37. The van der Waals surface area contributed by atoms with Crippen molar-refractivity contribution >= 4 is 17.8 Å². The third-order valence-electron chi connectivity index (χ3n) is 3.77. The van der Waals surface area contributed by atoms with Crippen LogP contribution in [0.25, 0.3) is 0 Å². The normalized spacial score (nSPS) is 17.0. The minimum Gasteiger partial charge on any atom is -0.480 e. The van der Waals surface area contributed by atoms with E-state index in [-0.39, 0.29) is 25.4 Å². The van der Waals surface area contributed by atoms with E-state index < -0.39 is 18.0 Å². The van der Waals surface area contributed by atoms with Gasteiger partial charge >= 0.3 is 11.9 Å². The van der Waals surface area contributed by atoms with E-state index in [4.69, 9.17) is 9.84 Å². The van der Waals surface area contributed by atoms with Gasteiger partial charge in [0.05, 0.1) is 6.61 Å². The number of carboxylic acids is 1. The number of carbonyl (C=O) groups is 3. The number of hydrogen-bond donors (Lipinski definition) is 2. The van der Waals surface area contributed by atoms with Gasteiger partial charge in [-0.1, -0.05) is 19.3 Å². The highest BCUT2D eigenvalue weighted by molar-refractivity contribution is 5.84. The number of hydrogen-bond acceptors (Lipinski definition) is 4. The first-order valence-corrected chi connectivity index (χ1v) is 7.70. The summed E-state index contributed by atoms with van der Waals surface area (Å²) in [6.45, 7) is 1.96. The first-order chi connectivity index (χ1) is 10.0. The molecule has 21 heavy (non-hydrogen) atoms. The van der Waals surface area contributed by atoms with Gasteiger partial charge in [0.15, 0.2) is 0 Å². The highest BCUT2D eigenvalue weighted by Gasteiger charge is 2.23. The molecule has 0 radical (unpaired) electrons. The second-order valence-corrected chi connectivity index (χ2v) is 5.51. The number of aliphatic carboxylic acids is 1. The van der Waals surface area contributed by atoms with Gasteiger partial charge in [0, 0.05) is 12.8 Å². The van der Waals surface area contributed by atoms with Gasteiger partial charge in [0.1, 0.15) is 6.04 Å². The first-order valence-electron chi connectivity index (χ1n) is 7.70. The number of esters is 1. The number of nitrogens with one attached hydrogen (secondary N) is 1. The van der Waals surface area contributed by atoms with E-state index in [0.717, 1.165) is 25.7 Å². The van der Waals surface area contributed by atoms with Crippen molar-refractivity contribution in [3.05, 3.63) is 0 Å². The number of rotatable bonds is 8. The van der Waals surface area contributed by atoms with E-state index in [0.29, 0.717) is 12.3 Å². The predicted octanol–water partition coefficient (Wildman–Crippen LogP) is 1.87. The van der Waals surface area contributed by atoms with Crippen LogP contribution in [0, 0.1) is 5.92 Å². The van der Waals surface area contributed by atoms with Crippen molar-refractivity contribution in [2.45, 2.75) is 64.3 Å². The zero-order chi connectivity index (χ0) is 15.7. The molecule has 2 N–H and O–H groups in total. The van der Waals surface area contributed by atoms with Gasteiger partial charge in [-0.15, -0.1) is 0 Å². The SMILES string of the molecule is CCOC(=O)CC[C@H](NC(=O)CC1CCCCC1)C(=O)O. The van der Waals surface area contributed by atoms with Gasteiger partial charge in [0.2, 0.25) is 5.91 Å². The molecule has 0 unspecified atom stereocenters. The number of amides is 1. The second-order valence-electron chi connectivity index (χ2n) is 5.51. The van der Waals surface area contributed by atoms with Crippen LogP contribution in [0.5, 0.6) is 0 Å². The van der Waals surface area contributed by atoms with Crippen molar-refractivity contribution < 1.29 is 24.2 Å². The zero-order valence-electron chi connectivity index (χ0n) is 12.6. The lowest BCUT2D eigenvalue weighted by atomic mass is 9.87. The maximum absolute atomic E-state index is 11.9. The van der Waals surface area contributed by atoms with Gasteiger partial charge in [-0.2, -0.15) is 0 Å². The Morgan fingerprint density at radius 3 is 2.48 bits per heavy atom. The Balaban J connectivity index is 2.36. The predicted molar refractivity (Wildman–Crippen MR) is 76.6 cm³/mol. The van der Waals surface area contributed by atoms with Crippen molar-refractivity contribution in [3.63, 3.8) is 0 Å². The minimum absolute atomic E-state index is 0.00544. The molecule has 1 amide bonds. The largest absolute Gasteiger partial charge is 0.480 e. The van der Waals surface area contributed by atoms with Crippen molar-refractivity contribution in [3.8, 4) is 0 Å². The smallest absolute Gasteiger partial charge is 0.326 e. The van der Waals surface area contributed by atoms with Crippen LogP contribution in [0.3, 0.4) is 0 Å². The summed E-state index contributed by atoms with van der Waals surface area (Å²) in [7, 11) is 0. The Kier molecular flexibility index (Phi) is 7.79. The Bertz CT molecular complexity index is 363. The van der Waals surface area contributed by atoms with Crippen LogP contribution >= 0.6 is 0 Å². The molecule has 1 saturated carbocycles. The van der Waals surface area contributed by atoms with E-state index in [9.17, 15) is 14.4 Å². The lowest BCUT2D eigenvalue weighted by Gasteiger charge is -2.22. The molecule has 0 aromatic rings. The number of ether oxygens (including phenoxy) is 1. The van der Waals surface area contributed by atoms with E-state index in [1.165, 1.54) is 6.42 Å². The topological polar surface area (TPSA) is 92.7 Å². The average molecular weight is 299 g/mol. The summed E-state index contributed by atoms with van der Waals surface area (Å²) >= 11 is 0. The number of carbonyl (C=O) groups excluding carboxylic acids is 2. The van der Waals surface area contributed by atoms with Gasteiger partial charge in [-0.3, -0.25) is 9.59 Å². The fourth-order valence-corrected chi connectivity index (χ4v) is 2.66. The van der Waals surface area contributed by atoms with Crippen molar-refractivity contribution in [2.24, 2.45) is 5.92 Å². The molecule has 0 saturated heterocycles. The molecular formula is C15H25NO5. The fraction of sp³-hybridized carbons (Fsp3) is 0.800. The van der Waals surface area contributed by atoms with Crippen molar-refractivity contribution in [1.82, 2.24) is 5.32 Å². The van der Waals surface area contributed by atoms with Crippen LogP contribution in [0.4, 0.5) is 0 Å². The molecule has 0 aromatic heterocycles. The van der Waals surface area contributed by atoms with Gasteiger partial charge in [0.25, 0.3) is 0 Å². The summed E-state index contributed by atoms with van der Waals surface area (Å²) < 4.78 is 4.75. The third kappa shape index (κ3) is 7.11. The summed E-state index contributed by atoms with van der Waals surface area (Å²) in [5.41, 5.74) is 0. The standard InChI is InChI=1S/C15H25NO5/c1-2-21-14(18)9-8-12(15(19)20)16-13(17)10-11-6-4-3-5-7-11/h11-12H,2-10H2,1H3,(H,16,17)(H,19,20)/t12-/m0/s1. The van der Waals surface area contributed by atoms with E-state index in [1.807, 2.05) is 0 Å². The highest BCUT2D eigenvalue weighted by atomic mass is 16.5. The summed E-state index contributed by atoms with van der Waals surface area (Å²) in [5.74, 6) is -1.43. The van der Waals surface area contributed by atoms with Gasteiger partial charge in [-0.25, -0.2) is 4.79 Å². The molecule has 1 aliphatic rings. The van der Waals surface area contributed by atoms with Crippen LogP contribution in [0.15, 0.2) is 0 Å². The lowest BCUT2D eigenvalue weighted by molar-refractivity contribution is -0.145. The van der Waals surface area contributed by atoms with Crippen molar-refractivity contribution in [1.29, 1.82) is 0 Å².